The highest BCUT2D eigenvalue weighted by Gasteiger charge is 2.22. The molecule has 0 spiro atoms. The SMILES string of the molecule is [C-]#[N+]c1cccc(-c2cc(-c3nc(-c4ccc(-n5c6ccccc6c6ccccc65)c(-c5cccc(C#N)c5)c4)nc(-c4ccccc4-c4cccc(C#N)c4)n3)ccc2-n2c3ccccc3c3ccccc32)c1. The first kappa shape index (κ1) is 43.3. The molecule has 0 aliphatic rings. The highest BCUT2D eigenvalue weighted by atomic mass is 15.0. The minimum absolute atomic E-state index is 0.445. The number of hydrogen-bond acceptors (Lipinski definition) is 5. The van der Waals surface area contributed by atoms with E-state index in [0.29, 0.717) is 34.3 Å². The quantitative estimate of drug-likeness (QED) is 0.141. The molecule has 0 aliphatic heterocycles. The van der Waals surface area contributed by atoms with Crippen LogP contribution in [0.5, 0.6) is 0 Å². The second kappa shape index (κ2) is 17.9. The van der Waals surface area contributed by atoms with Gasteiger partial charge in [0, 0.05) is 49.4 Å². The maximum Gasteiger partial charge on any atom is 0.187 e. The lowest BCUT2D eigenvalue weighted by molar-refractivity contribution is 1.07. The number of nitriles is 2. The summed E-state index contributed by atoms with van der Waals surface area (Å²) in [6, 6.07) is 82.0. The first-order valence-electron chi connectivity index (χ1n) is 24.2. The molecule has 342 valence electrons. The highest BCUT2D eigenvalue weighted by molar-refractivity contribution is 6.11. The predicted molar refractivity (Wildman–Crippen MR) is 297 cm³/mol. The van der Waals surface area contributed by atoms with Crippen molar-refractivity contribution in [1.82, 2.24) is 24.1 Å². The zero-order valence-electron chi connectivity index (χ0n) is 39.5. The van der Waals surface area contributed by atoms with Crippen LogP contribution in [-0.2, 0) is 0 Å². The van der Waals surface area contributed by atoms with Crippen LogP contribution in [0.15, 0.2) is 231 Å². The number of aromatic nitrogens is 5. The van der Waals surface area contributed by atoms with Crippen LogP contribution in [0.25, 0.3) is 127 Å². The first-order chi connectivity index (χ1) is 36.5. The average molecular weight is 943 g/mol. The van der Waals surface area contributed by atoms with Gasteiger partial charge in [-0.15, -0.1) is 0 Å². The van der Waals surface area contributed by atoms with E-state index in [4.69, 9.17) is 21.5 Å². The van der Waals surface area contributed by atoms with Crippen LogP contribution in [0.1, 0.15) is 11.1 Å². The number of fused-ring (bicyclic) bond motifs is 6. The van der Waals surface area contributed by atoms with Gasteiger partial charge in [-0.1, -0.05) is 140 Å². The van der Waals surface area contributed by atoms with Crippen LogP contribution in [0.4, 0.5) is 5.69 Å². The van der Waals surface area contributed by atoms with Gasteiger partial charge in [0.05, 0.1) is 63.3 Å². The van der Waals surface area contributed by atoms with Crippen LogP contribution < -0.4 is 0 Å². The predicted octanol–water partition coefficient (Wildman–Crippen LogP) is 16.4. The molecule has 10 aromatic carbocycles. The van der Waals surface area contributed by atoms with Gasteiger partial charge in [0.25, 0.3) is 0 Å². The molecule has 0 radical (unpaired) electrons. The number of rotatable bonds is 8. The summed E-state index contributed by atoms with van der Waals surface area (Å²) in [5.74, 6) is 1.34. The van der Waals surface area contributed by atoms with Crippen LogP contribution in [0.3, 0.4) is 0 Å². The van der Waals surface area contributed by atoms with Gasteiger partial charge in [0.2, 0.25) is 0 Å². The molecule has 0 fully saturated rings. The third kappa shape index (κ3) is 7.33. The molecule has 8 heteroatoms. The fourth-order valence-electron chi connectivity index (χ4n) is 10.5. The molecular weight excluding hydrogens is 905 g/mol. The fourth-order valence-corrected chi connectivity index (χ4v) is 10.5. The maximum atomic E-state index is 10.2. The minimum Gasteiger partial charge on any atom is -0.309 e. The third-order valence-electron chi connectivity index (χ3n) is 13.8. The second-order valence-electron chi connectivity index (χ2n) is 18.1. The van der Waals surface area contributed by atoms with Crippen LogP contribution in [0.2, 0.25) is 0 Å². The van der Waals surface area contributed by atoms with Crippen molar-refractivity contribution < 1.29 is 0 Å². The van der Waals surface area contributed by atoms with E-state index in [-0.39, 0.29) is 0 Å². The molecule has 0 unspecified atom stereocenters. The van der Waals surface area contributed by atoms with Crippen molar-refractivity contribution in [2.75, 3.05) is 0 Å². The van der Waals surface area contributed by atoms with Gasteiger partial charge in [0.1, 0.15) is 0 Å². The van der Waals surface area contributed by atoms with E-state index in [1.807, 2.05) is 91.0 Å². The Morgan fingerprint density at radius 1 is 0.338 bits per heavy atom. The Bertz CT molecular complexity index is 4210. The van der Waals surface area contributed by atoms with E-state index in [0.717, 1.165) is 105 Å². The zero-order chi connectivity index (χ0) is 49.7. The Morgan fingerprint density at radius 2 is 0.730 bits per heavy atom. The summed E-state index contributed by atoms with van der Waals surface area (Å²) in [5, 5.41) is 24.7. The van der Waals surface area contributed by atoms with Crippen LogP contribution >= 0.6 is 0 Å². The molecule has 0 N–H and O–H groups in total. The molecule has 0 saturated heterocycles. The van der Waals surface area contributed by atoms with Gasteiger partial charge in [0.15, 0.2) is 23.2 Å². The Morgan fingerprint density at radius 3 is 1.19 bits per heavy atom. The fraction of sp³-hybridized carbons (Fsp3) is 0. The van der Waals surface area contributed by atoms with Crippen molar-refractivity contribution in [3.05, 3.63) is 253 Å². The van der Waals surface area contributed by atoms with Gasteiger partial charge in [-0.3, -0.25) is 0 Å². The summed E-state index contributed by atoms with van der Waals surface area (Å²) < 4.78 is 4.59. The van der Waals surface area contributed by atoms with Crippen molar-refractivity contribution in [3.8, 4) is 91.1 Å². The van der Waals surface area contributed by atoms with Gasteiger partial charge in [-0.2, -0.15) is 10.5 Å². The molecule has 13 rings (SSSR count). The van der Waals surface area contributed by atoms with E-state index in [9.17, 15) is 10.5 Å². The largest absolute Gasteiger partial charge is 0.309 e. The summed E-state index contributed by atoms with van der Waals surface area (Å²) in [4.78, 5) is 19.9. The second-order valence-corrected chi connectivity index (χ2v) is 18.1. The number of benzene rings is 10. The Balaban J connectivity index is 1.07. The Labute approximate surface area is 426 Å². The average Bonchev–Trinajstić information content (AvgIpc) is 4.01. The molecule has 0 aliphatic carbocycles. The molecule has 3 heterocycles. The van der Waals surface area contributed by atoms with Crippen LogP contribution in [-0.4, -0.2) is 24.1 Å². The van der Waals surface area contributed by atoms with Gasteiger partial charge in [-0.05, 0) is 113 Å². The zero-order valence-corrected chi connectivity index (χ0v) is 39.5. The Hall–Kier alpha value is -10.7. The number of hydrogen-bond donors (Lipinski definition) is 0. The van der Waals surface area contributed by atoms with Crippen molar-refractivity contribution in [2.45, 2.75) is 0 Å². The molecule has 0 bridgehead atoms. The minimum atomic E-state index is 0.445. The molecule has 0 atom stereocenters. The molecule has 13 aromatic rings. The monoisotopic (exact) mass is 942 g/mol. The van der Waals surface area contributed by atoms with Crippen molar-refractivity contribution in [2.24, 2.45) is 0 Å². The van der Waals surface area contributed by atoms with E-state index in [2.05, 4.69) is 160 Å². The molecule has 74 heavy (non-hydrogen) atoms. The molecule has 8 nitrogen and oxygen atoms in total. The van der Waals surface area contributed by atoms with E-state index in [1.54, 1.807) is 6.07 Å². The molecular formula is C66H38N8. The van der Waals surface area contributed by atoms with Crippen molar-refractivity contribution in [3.63, 3.8) is 0 Å². The summed E-state index contributed by atoms with van der Waals surface area (Å²) >= 11 is 0. The highest BCUT2D eigenvalue weighted by Crippen LogP contribution is 2.42. The topological polar surface area (TPSA) is 100 Å². The van der Waals surface area contributed by atoms with E-state index >= 15 is 0 Å². The molecule has 0 saturated carbocycles. The number of para-hydroxylation sites is 4. The van der Waals surface area contributed by atoms with Crippen molar-refractivity contribution in [1.29, 1.82) is 10.5 Å². The maximum absolute atomic E-state index is 10.2. The summed E-state index contributed by atoms with van der Waals surface area (Å²) in [5.41, 5.74) is 15.2. The lowest BCUT2D eigenvalue weighted by Crippen LogP contribution is -2.03. The van der Waals surface area contributed by atoms with Gasteiger partial charge < -0.3 is 9.13 Å². The lowest BCUT2D eigenvalue weighted by atomic mass is 9.97. The molecule has 3 aromatic heterocycles. The number of nitrogens with zero attached hydrogens (tertiary/aromatic N) is 8. The van der Waals surface area contributed by atoms with Crippen LogP contribution in [0, 0.1) is 29.2 Å². The van der Waals surface area contributed by atoms with Crippen molar-refractivity contribution >= 4 is 49.3 Å². The van der Waals surface area contributed by atoms with E-state index in [1.165, 1.54) is 0 Å². The van der Waals surface area contributed by atoms with E-state index < -0.39 is 0 Å². The standard InChI is InChI=1S/C66H38N8/c1-69-49-20-14-19-46(37-49)57-39-48(32-34-63(57)74-60-29-10-6-24-53(60)54-25-7-11-30-61(54)74)65-70-64(71-66(72-65)55-26-3-2-21-50(55)44-17-12-15-42(35-44)40-67)47-31-33-62(56(38-47)45-18-13-16-43(36-45)41-68)73-58-27-8-4-22-51(58)52-23-5-9-28-59(52)73/h2-39H. The summed E-state index contributed by atoms with van der Waals surface area (Å²) in [7, 11) is 0. The first-order valence-corrected chi connectivity index (χ1v) is 24.2. The third-order valence-corrected chi connectivity index (χ3v) is 13.8. The van der Waals surface area contributed by atoms with Gasteiger partial charge >= 0.3 is 0 Å². The summed E-state index contributed by atoms with van der Waals surface area (Å²) in [6.07, 6.45) is 0. The van der Waals surface area contributed by atoms with Gasteiger partial charge in [-0.25, -0.2) is 19.8 Å². The smallest absolute Gasteiger partial charge is 0.187 e. The lowest BCUT2D eigenvalue weighted by Gasteiger charge is -2.18. The molecule has 0 amide bonds. The Kier molecular flexibility index (Phi) is 10.5. The summed E-state index contributed by atoms with van der Waals surface area (Å²) in [6.45, 7) is 7.98. The normalized spacial score (nSPS) is 11.2.